The smallest absolute Gasteiger partial charge is 0.407 e. The molecule has 0 aliphatic carbocycles. The zero-order chi connectivity index (χ0) is 30.3. The molecule has 3 amide bonds. The summed E-state index contributed by atoms with van der Waals surface area (Å²) in [6.45, 7) is 8.66. The van der Waals surface area contributed by atoms with Gasteiger partial charge in [-0.2, -0.15) is 0 Å². The number of benzene rings is 3. The van der Waals surface area contributed by atoms with Gasteiger partial charge in [0, 0.05) is 35.9 Å². The monoisotopic (exact) mass is 590 g/mol. The van der Waals surface area contributed by atoms with Crippen LogP contribution in [0.1, 0.15) is 38.3 Å². The van der Waals surface area contributed by atoms with E-state index in [4.69, 9.17) is 16.3 Å². The summed E-state index contributed by atoms with van der Waals surface area (Å²) < 4.78 is 5.37. The molecule has 0 bridgehead atoms. The molecule has 3 aromatic carbocycles. The van der Waals surface area contributed by atoms with Crippen LogP contribution in [-0.4, -0.2) is 60.6 Å². The number of nitrogens with one attached hydrogen (secondary N) is 2. The zero-order valence-corrected chi connectivity index (χ0v) is 25.4. The predicted octanol–water partition coefficient (Wildman–Crippen LogP) is 5.56. The Morgan fingerprint density at radius 3 is 2.48 bits per heavy atom. The van der Waals surface area contributed by atoms with Crippen LogP contribution >= 0.6 is 11.6 Å². The van der Waals surface area contributed by atoms with Gasteiger partial charge in [0.15, 0.2) is 0 Å². The molecule has 1 fully saturated rings. The van der Waals surface area contributed by atoms with Crippen LogP contribution in [0.2, 0.25) is 5.02 Å². The number of hydrogen-bond acceptors (Lipinski definition) is 5. The third-order valence-corrected chi connectivity index (χ3v) is 7.11. The Balaban J connectivity index is 1.51. The van der Waals surface area contributed by atoms with Crippen LogP contribution in [0.25, 0.3) is 11.1 Å². The quantitative estimate of drug-likeness (QED) is 0.340. The molecule has 1 unspecified atom stereocenters. The molecule has 9 heteroatoms. The predicted molar refractivity (Wildman–Crippen MR) is 166 cm³/mol. The SMILES string of the molecule is Cc1ccc(N(CC(=O)NCc2cccc(Cl)c2)CC(=O)N2CCC(NC(=O)OC(C)(C)C)C2)c(-c2ccccc2)c1. The number of hydrogen-bond donors (Lipinski definition) is 2. The maximum atomic E-state index is 13.6. The number of carbonyl (C=O) groups excluding carboxylic acids is 3. The molecular formula is C33H39ClN4O4. The molecule has 0 spiro atoms. The number of anilines is 1. The van der Waals surface area contributed by atoms with Crippen molar-refractivity contribution < 1.29 is 19.1 Å². The largest absolute Gasteiger partial charge is 0.444 e. The van der Waals surface area contributed by atoms with Gasteiger partial charge in [-0.1, -0.05) is 65.7 Å². The van der Waals surface area contributed by atoms with E-state index in [0.29, 0.717) is 31.1 Å². The Labute approximate surface area is 253 Å². The highest BCUT2D eigenvalue weighted by Crippen LogP contribution is 2.32. The van der Waals surface area contributed by atoms with E-state index in [2.05, 4.69) is 16.7 Å². The maximum Gasteiger partial charge on any atom is 0.407 e. The van der Waals surface area contributed by atoms with Crippen LogP contribution in [0.3, 0.4) is 0 Å². The number of aryl methyl sites for hydroxylation is 1. The molecule has 1 atom stereocenters. The van der Waals surface area contributed by atoms with Crippen molar-refractivity contribution in [2.75, 3.05) is 31.1 Å². The average molecular weight is 591 g/mol. The maximum absolute atomic E-state index is 13.6. The summed E-state index contributed by atoms with van der Waals surface area (Å²) in [5.41, 5.74) is 4.09. The van der Waals surface area contributed by atoms with Crippen molar-refractivity contribution in [3.05, 3.63) is 88.9 Å². The Kier molecular flexibility index (Phi) is 10.1. The van der Waals surface area contributed by atoms with Crippen molar-refractivity contribution in [3.8, 4) is 11.1 Å². The van der Waals surface area contributed by atoms with Gasteiger partial charge in [0.2, 0.25) is 11.8 Å². The zero-order valence-electron chi connectivity index (χ0n) is 24.7. The van der Waals surface area contributed by atoms with E-state index in [9.17, 15) is 14.4 Å². The van der Waals surface area contributed by atoms with E-state index >= 15 is 0 Å². The first-order valence-electron chi connectivity index (χ1n) is 14.2. The topological polar surface area (TPSA) is 91.0 Å². The van der Waals surface area contributed by atoms with Gasteiger partial charge in [0.25, 0.3) is 0 Å². The molecule has 8 nitrogen and oxygen atoms in total. The first-order valence-corrected chi connectivity index (χ1v) is 14.5. The molecule has 1 aliphatic heterocycles. The second-order valence-electron chi connectivity index (χ2n) is 11.6. The van der Waals surface area contributed by atoms with Crippen LogP contribution in [0.4, 0.5) is 10.5 Å². The van der Waals surface area contributed by atoms with Crippen molar-refractivity contribution in [1.29, 1.82) is 0 Å². The molecule has 3 aromatic rings. The van der Waals surface area contributed by atoms with Crippen molar-refractivity contribution in [3.63, 3.8) is 0 Å². The fraction of sp³-hybridized carbons (Fsp3) is 0.364. The molecule has 4 rings (SSSR count). The van der Waals surface area contributed by atoms with Gasteiger partial charge in [0.1, 0.15) is 5.60 Å². The Morgan fingerprint density at radius 1 is 1.00 bits per heavy atom. The summed E-state index contributed by atoms with van der Waals surface area (Å²) in [5, 5.41) is 6.43. The van der Waals surface area contributed by atoms with E-state index in [1.54, 1.807) is 11.0 Å². The van der Waals surface area contributed by atoms with Gasteiger partial charge in [-0.05, 0) is 69.5 Å². The number of alkyl carbamates (subject to hydrolysis) is 1. The Bertz CT molecular complexity index is 1410. The number of carbonyl (C=O) groups is 3. The highest BCUT2D eigenvalue weighted by molar-refractivity contribution is 6.30. The molecule has 0 radical (unpaired) electrons. The van der Waals surface area contributed by atoms with Crippen LogP contribution in [0, 0.1) is 6.92 Å². The summed E-state index contributed by atoms with van der Waals surface area (Å²) >= 11 is 6.11. The first-order chi connectivity index (χ1) is 20.0. The number of rotatable bonds is 9. The minimum absolute atomic E-state index is 0.00658. The summed E-state index contributed by atoms with van der Waals surface area (Å²) in [6.07, 6.45) is 0.136. The summed E-state index contributed by atoms with van der Waals surface area (Å²) in [4.78, 5) is 42.6. The van der Waals surface area contributed by atoms with Crippen molar-refractivity contribution in [2.45, 2.75) is 52.3 Å². The highest BCUT2D eigenvalue weighted by Gasteiger charge is 2.30. The molecule has 2 N–H and O–H groups in total. The Morgan fingerprint density at radius 2 is 1.76 bits per heavy atom. The van der Waals surface area contributed by atoms with Crippen LogP contribution in [0.5, 0.6) is 0 Å². The minimum atomic E-state index is -0.601. The number of amides is 3. The van der Waals surface area contributed by atoms with Gasteiger partial charge in [-0.15, -0.1) is 0 Å². The van der Waals surface area contributed by atoms with E-state index in [-0.39, 0.29) is 30.9 Å². The first kappa shape index (κ1) is 30.9. The second kappa shape index (κ2) is 13.7. The molecule has 1 saturated heterocycles. The molecule has 0 aromatic heterocycles. The summed E-state index contributed by atoms with van der Waals surface area (Å²) in [5.74, 6) is -0.334. The number of nitrogens with zero attached hydrogens (tertiary/aromatic N) is 2. The fourth-order valence-electron chi connectivity index (χ4n) is 4.92. The molecule has 1 aliphatic rings. The number of likely N-dealkylation sites (tertiary alicyclic amines) is 1. The number of halogens is 1. The van der Waals surface area contributed by atoms with Crippen LogP contribution in [0.15, 0.2) is 72.8 Å². The van der Waals surface area contributed by atoms with Crippen molar-refractivity contribution in [1.82, 2.24) is 15.5 Å². The van der Waals surface area contributed by atoms with E-state index in [0.717, 1.165) is 27.9 Å². The van der Waals surface area contributed by atoms with E-state index in [1.165, 1.54) is 0 Å². The number of ether oxygens (including phenoxy) is 1. The average Bonchev–Trinajstić information content (AvgIpc) is 3.39. The lowest BCUT2D eigenvalue weighted by atomic mass is 10.0. The highest BCUT2D eigenvalue weighted by atomic mass is 35.5. The third-order valence-electron chi connectivity index (χ3n) is 6.88. The van der Waals surface area contributed by atoms with Gasteiger partial charge in [0.05, 0.1) is 19.1 Å². The summed E-state index contributed by atoms with van der Waals surface area (Å²) in [7, 11) is 0. The van der Waals surface area contributed by atoms with Gasteiger partial charge in [-0.25, -0.2) is 4.79 Å². The van der Waals surface area contributed by atoms with E-state index in [1.807, 2.05) is 93.3 Å². The van der Waals surface area contributed by atoms with Crippen LogP contribution in [-0.2, 0) is 20.9 Å². The molecule has 1 heterocycles. The van der Waals surface area contributed by atoms with Gasteiger partial charge < -0.3 is 25.2 Å². The summed E-state index contributed by atoms with van der Waals surface area (Å²) in [6, 6.07) is 23.1. The van der Waals surface area contributed by atoms with Gasteiger partial charge in [-0.3, -0.25) is 9.59 Å². The van der Waals surface area contributed by atoms with Crippen LogP contribution < -0.4 is 15.5 Å². The normalized spacial score (nSPS) is 14.8. The minimum Gasteiger partial charge on any atom is -0.444 e. The second-order valence-corrected chi connectivity index (χ2v) is 12.1. The van der Waals surface area contributed by atoms with E-state index < -0.39 is 11.7 Å². The van der Waals surface area contributed by atoms with Gasteiger partial charge >= 0.3 is 6.09 Å². The molecular weight excluding hydrogens is 552 g/mol. The Hall–Kier alpha value is -4.04. The molecule has 0 saturated carbocycles. The lowest BCUT2D eigenvalue weighted by Crippen LogP contribution is -2.45. The lowest BCUT2D eigenvalue weighted by Gasteiger charge is -2.29. The fourth-order valence-corrected chi connectivity index (χ4v) is 5.13. The molecule has 42 heavy (non-hydrogen) atoms. The lowest BCUT2D eigenvalue weighted by molar-refractivity contribution is -0.128. The third kappa shape index (κ3) is 8.98. The molecule has 222 valence electrons. The van der Waals surface area contributed by atoms with Crippen molar-refractivity contribution >= 4 is 35.2 Å². The standard InChI is InChI=1S/C33H39ClN4O4/c1-23-13-14-29(28(17-23)25-10-6-5-7-11-25)38(21-30(39)35-19-24-9-8-12-26(34)18-24)22-31(40)37-16-15-27(20-37)36-32(41)42-33(2,3)4/h5-14,17-18,27H,15-16,19-22H2,1-4H3,(H,35,39)(H,36,41). The van der Waals surface area contributed by atoms with Crippen molar-refractivity contribution in [2.24, 2.45) is 0 Å².